The number of rotatable bonds is 7. The van der Waals surface area contributed by atoms with Gasteiger partial charge in [0.2, 0.25) is 0 Å². The molecule has 0 bridgehead atoms. The summed E-state index contributed by atoms with van der Waals surface area (Å²) in [7, 11) is 4.69. The molecular formula is C22H22N4O4. The number of hydrogen-bond donors (Lipinski definition) is 1. The first-order valence-electron chi connectivity index (χ1n) is 9.15. The van der Waals surface area contributed by atoms with Crippen LogP contribution in [0.4, 0.5) is 5.69 Å². The Labute approximate surface area is 174 Å². The van der Waals surface area contributed by atoms with Crippen LogP contribution < -0.4 is 14.8 Å². The minimum Gasteiger partial charge on any atom is -0.497 e. The van der Waals surface area contributed by atoms with Gasteiger partial charge in [0.25, 0.3) is 11.8 Å². The van der Waals surface area contributed by atoms with Crippen molar-refractivity contribution in [3.8, 4) is 11.5 Å². The molecule has 3 rings (SSSR count). The van der Waals surface area contributed by atoms with Gasteiger partial charge < -0.3 is 19.7 Å². The number of methoxy groups -OCH3 is 2. The Morgan fingerprint density at radius 3 is 2.07 bits per heavy atom. The van der Waals surface area contributed by atoms with Gasteiger partial charge in [-0.15, -0.1) is 0 Å². The molecule has 3 aromatic rings. The van der Waals surface area contributed by atoms with Gasteiger partial charge in [-0.05, 0) is 42.0 Å². The fraction of sp³-hybridized carbons (Fsp3) is 0.182. The van der Waals surface area contributed by atoms with E-state index in [0.717, 1.165) is 0 Å². The molecule has 0 aliphatic carbocycles. The molecule has 0 saturated heterocycles. The van der Waals surface area contributed by atoms with Crippen LogP contribution >= 0.6 is 0 Å². The largest absolute Gasteiger partial charge is 0.497 e. The summed E-state index contributed by atoms with van der Waals surface area (Å²) in [6, 6.07) is 13.0. The Morgan fingerprint density at radius 1 is 0.933 bits per heavy atom. The monoisotopic (exact) mass is 406 g/mol. The molecule has 1 N–H and O–H groups in total. The third kappa shape index (κ3) is 4.72. The smallest absolute Gasteiger partial charge is 0.274 e. The number of amides is 2. The molecule has 0 saturated carbocycles. The summed E-state index contributed by atoms with van der Waals surface area (Å²) >= 11 is 0. The number of nitrogens with one attached hydrogen (secondary N) is 1. The lowest BCUT2D eigenvalue weighted by molar-refractivity contribution is -0.120. The Balaban J connectivity index is 1.91. The van der Waals surface area contributed by atoms with Gasteiger partial charge in [0, 0.05) is 25.1 Å². The van der Waals surface area contributed by atoms with Crippen LogP contribution in [-0.2, 0) is 4.79 Å². The molecule has 0 aliphatic rings. The van der Waals surface area contributed by atoms with Crippen molar-refractivity contribution >= 4 is 17.5 Å². The highest BCUT2D eigenvalue weighted by Crippen LogP contribution is 2.26. The van der Waals surface area contributed by atoms with Crippen LogP contribution in [0.25, 0.3) is 0 Å². The van der Waals surface area contributed by atoms with Crippen molar-refractivity contribution in [2.45, 2.75) is 6.04 Å². The summed E-state index contributed by atoms with van der Waals surface area (Å²) in [4.78, 5) is 35.4. The molecule has 0 aliphatic heterocycles. The number of likely N-dealkylation sites (N-methyl/N-ethyl adjacent to an activating group) is 1. The van der Waals surface area contributed by atoms with Gasteiger partial charge in [0.05, 0.1) is 20.4 Å². The number of hydrogen-bond acceptors (Lipinski definition) is 6. The average molecular weight is 406 g/mol. The van der Waals surface area contributed by atoms with Crippen molar-refractivity contribution in [1.29, 1.82) is 0 Å². The van der Waals surface area contributed by atoms with E-state index in [2.05, 4.69) is 15.3 Å². The Bertz CT molecular complexity index is 992. The van der Waals surface area contributed by atoms with E-state index in [9.17, 15) is 9.59 Å². The standard InChI is InChI=1S/C22H22N4O4/c1-26(22(28)19-14-23-12-13-24-19)20(15-4-8-17(29-2)9-5-15)21(27)25-16-6-10-18(30-3)11-7-16/h4-14,20H,1-3H3,(H,25,27)/t20-/m1/s1. The summed E-state index contributed by atoms with van der Waals surface area (Å²) in [5.74, 6) is 0.532. The quantitative estimate of drug-likeness (QED) is 0.648. The Kier molecular flexibility index (Phi) is 6.59. The molecule has 0 spiro atoms. The van der Waals surface area contributed by atoms with Crippen molar-refractivity contribution in [3.05, 3.63) is 78.4 Å². The van der Waals surface area contributed by atoms with Gasteiger partial charge in [-0.1, -0.05) is 12.1 Å². The summed E-state index contributed by atoms with van der Waals surface area (Å²) in [5, 5.41) is 2.85. The van der Waals surface area contributed by atoms with E-state index in [1.54, 1.807) is 69.8 Å². The van der Waals surface area contributed by atoms with E-state index in [1.165, 1.54) is 23.5 Å². The first-order chi connectivity index (χ1) is 14.5. The van der Waals surface area contributed by atoms with Gasteiger partial charge in [-0.3, -0.25) is 14.6 Å². The second-order valence-corrected chi connectivity index (χ2v) is 6.40. The minimum absolute atomic E-state index is 0.149. The summed E-state index contributed by atoms with van der Waals surface area (Å²) in [5.41, 5.74) is 1.36. The lowest BCUT2D eigenvalue weighted by Gasteiger charge is -2.27. The van der Waals surface area contributed by atoms with E-state index >= 15 is 0 Å². The maximum absolute atomic E-state index is 13.2. The van der Waals surface area contributed by atoms with Crippen LogP contribution in [0, 0.1) is 0 Å². The zero-order valence-electron chi connectivity index (χ0n) is 16.9. The van der Waals surface area contributed by atoms with Gasteiger partial charge in [0.1, 0.15) is 23.2 Å². The molecule has 30 heavy (non-hydrogen) atoms. The molecule has 8 heteroatoms. The molecule has 8 nitrogen and oxygen atoms in total. The van der Waals surface area contributed by atoms with Crippen LogP contribution in [0.3, 0.4) is 0 Å². The molecule has 0 radical (unpaired) electrons. The predicted molar refractivity (Wildman–Crippen MR) is 111 cm³/mol. The zero-order chi connectivity index (χ0) is 21.5. The van der Waals surface area contributed by atoms with E-state index in [4.69, 9.17) is 9.47 Å². The normalized spacial score (nSPS) is 11.3. The Hall–Kier alpha value is -3.94. The highest BCUT2D eigenvalue weighted by molar-refractivity contribution is 6.00. The van der Waals surface area contributed by atoms with Crippen LogP contribution in [0.2, 0.25) is 0 Å². The highest BCUT2D eigenvalue weighted by Gasteiger charge is 2.30. The lowest BCUT2D eigenvalue weighted by Crippen LogP contribution is -2.39. The number of aromatic nitrogens is 2. The number of benzene rings is 2. The van der Waals surface area contributed by atoms with Crippen molar-refractivity contribution in [1.82, 2.24) is 14.9 Å². The van der Waals surface area contributed by atoms with Crippen molar-refractivity contribution < 1.29 is 19.1 Å². The SMILES string of the molecule is COc1ccc(NC(=O)[C@@H](c2ccc(OC)cc2)N(C)C(=O)c2cnccn2)cc1. The second kappa shape index (κ2) is 9.51. The number of nitrogens with zero attached hydrogens (tertiary/aromatic N) is 3. The number of ether oxygens (including phenoxy) is 2. The predicted octanol–water partition coefficient (Wildman–Crippen LogP) is 2.95. The fourth-order valence-electron chi connectivity index (χ4n) is 2.93. The second-order valence-electron chi connectivity index (χ2n) is 6.40. The van der Waals surface area contributed by atoms with E-state index in [0.29, 0.717) is 22.7 Å². The minimum atomic E-state index is -0.896. The summed E-state index contributed by atoms with van der Waals surface area (Å²) in [6.07, 6.45) is 4.28. The van der Waals surface area contributed by atoms with Gasteiger partial charge in [-0.2, -0.15) is 0 Å². The van der Waals surface area contributed by atoms with Gasteiger partial charge >= 0.3 is 0 Å². The molecule has 154 valence electrons. The van der Waals surface area contributed by atoms with Crippen LogP contribution in [0.15, 0.2) is 67.1 Å². The third-order valence-electron chi connectivity index (χ3n) is 4.53. The molecule has 0 unspecified atom stereocenters. The lowest BCUT2D eigenvalue weighted by atomic mass is 10.0. The van der Waals surface area contributed by atoms with Gasteiger partial charge in [-0.25, -0.2) is 4.98 Å². The molecular weight excluding hydrogens is 384 g/mol. The van der Waals surface area contributed by atoms with Crippen LogP contribution in [0.1, 0.15) is 22.1 Å². The zero-order valence-corrected chi connectivity index (χ0v) is 16.9. The maximum atomic E-state index is 13.2. The number of carbonyl (C=O) groups is 2. The molecule has 2 amide bonds. The fourth-order valence-corrected chi connectivity index (χ4v) is 2.93. The first kappa shape index (κ1) is 20.8. The van der Waals surface area contributed by atoms with Gasteiger partial charge in [0.15, 0.2) is 0 Å². The van der Waals surface area contributed by atoms with E-state index < -0.39 is 11.9 Å². The maximum Gasteiger partial charge on any atom is 0.274 e. The number of anilines is 1. The third-order valence-corrected chi connectivity index (χ3v) is 4.53. The van der Waals surface area contributed by atoms with Crippen molar-refractivity contribution in [2.75, 3.05) is 26.6 Å². The molecule has 1 atom stereocenters. The molecule has 1 heterocycles. The van der Waals surface area contributed by atoms with Crippen molar-refractivity contribution in [2.24, 2.45) is 0 Å². The first-order valence-corrected chi connectivity index (χ1v) is 9.15. The average Bonchev–Trinajstić information content (AvgIpc) is 2.80. The highest BCUT2D eigenvalue weighted by atomic mass is 16.5. The van der Waals surface area contributed by atoms with E-state index in [1.807, 2.05) is 0 Å². The topological polar surface area (TPSA) is 93.7 Å². The van der Waals surface area contributed by atoms with Crippen molar-refractivity contribution in [3.63, 3.8) is 0 Å². The number of carbonyl (C=O) groups excluding carboxylic acids is 2. The summed E-state index contributed by atoms with van der Waals surface area (Å²) in [6.45, 7) is 0. The Morgan fingerprint density at radius 2 is 1.53 bits per heavy atom. The van der Waals surface area contributed by atoms with Crippen LogP contribution in [-0.4, -0.2) is 47.9 Å². The van der Waals surface area contributed by atoms with E-state index in [-0.39, 0.29) is 11.6 Å². The molecule has 1 aromatic heterocycles. The summed E-state index contributed by atoms with van der Waals surface area (Å²) < 4.78 is 10.3. The molecule has 2 aromatic carbocycles. The van der Waals surface area contributed by atoms with Crippen LogP contribution in [0.5, 0.6) is 11.5 Å². The molecule has 0 fully saturated rings.